The third-order valence-electron chi connectivity index (χ3n) is 4.72. The molecule has 2 unspecified atom stereocenters. The maximum atomic E-state index is 2.27. The fourth-order valence-electron chi connectivity index (χ4n) is 3.93. The molecule has 0 aromatic heterocycles. The van der Waals surface area contributed by atoms with Gasteiger partial charge in [0.1, 0.15) is 0 Å². The van der Waals surface area contributed by atoms with E-state index in [1.165, 1.54) is 30.4 Å². The van der Waals surface area contributed by atoms with Crippen molar-refractivity contribution in [2.24, 2.45) is 11.8 Å². The van der Waals surface area contributed by atoms with E-state index < -0.39 is 0 Å². The van der Waals surface area contributed by atoms with Crippen LogP contribution in [0.3, 0.4) is 0 Å². The van der Waals surface area contributed by atoms with E-state index in [0.29, 0.717) is 0 Å². The van der Waals surface area contributed by atoms with Gasteiger partial charge >= 0.3 is 0 Å². The number of hydrogen-bond acceptors (Lipinski definition) is 0. The van der Waals surface area contributed by atoms with E-state index in [4.69, 9.17) is 0 Å². The molecule has 2 aromatic carbocycles. The second-order valence-electron chi connectivity index (χ2n) is 5.70. The maximum absolute atomic E-state index is 2.27. The van der Waals surface area contributed by atoms with Gasteiger partial charge < -0.3 is 0 Å². The Morgan fingerprint density at radius 2 is 1.00 bits per heavy atom. The first-order valence-corrected chi connectivity index (χ1v) is 7.30. The molecule has 1 fully saturated rings. The summed E-state index contributed by atoms with van der Waals surface area (Å²) in [5, 5.41) is 0. The third-order valence-corrected chi connectivity index (χ3v) is 4.72. The molecular weight excluding hydrogens is 228 g/mol. The molecule has 19 heavy (non-hydrogen) atoms. The predicted octanol–water partition coefficient (Wildman–Crippen LogP) is 5.03. The van der Waals surface area contributed by atoms with Crippen molar-refractivity contribution in [2.45, 2.75) is 19.3 Å². The van der Waals surface area contributed by atoms with Gasteiger partial charge in [-0.2, -0.15) is 0 Å². The molecule has 0 heteroatoms. The van der Waals surface area contributed by atoms with Crippen LogP contribution in [0.25, 0.3) is 11.1 Å². The van der Waals surface area contributed by atoms with Gasteiger partial charge in [-0.3, -0.25) is 0 Å². The van der Waals surface area contributed by atoms with Crippen molar-refractivity contribution in [3.63, 3.8) is 0 Å². The normalized spacial score (nSPS) is 25.1. The molecule has 0 radical (unpaired) electrons. The molecule has 0 heterocycles. The second kappa shape index (κ2) is 4.38. The first kappa shape index (κ1) is 11.0. The van der Waals surface area contributed by atoms with Crippen molar-refractivity contribution in [2.75, 3.05) is 0 Å². The zero-order valence-corrected chi connectivity index (χ0v) is 11.0. The zero-order chi connectivity index (χ0) is 12.7. The summed E-state index contributed by atoms with van der Waals surface area (Å²) in [6.45, 7) is 0. The molecule has 0 spiro atoms. The summed E-state index contributed by atoms with van der Waals surface area (Å²) in [5.41, 5.74) is 6.11. The van der Waals surface area contributed by atoms with Crippen LogP contribution in [0.1, 0.15) is 30.4 Å². The first-order chi connectivity index (χ1) is 9.45. The SMILES string of the molecule is c1ccc(C2=C(c3ccccc3)C3CCCC23)cc1. The van der Waals surface area contributed by atoms with Gasteiger partial charge in [-0.15, -0.1) is 0 Å². The Morgan fingerprint density at radius 1 is 0.579 bits per heavy atom. The topological polar surface area (TPSA) is 0 Å². The quantitative estimate of drug-likeness (QED) is 0.697. The lowest BCUT2D eigenvalue weighted by Gasteiger charge is -2.38. The molecule has 4 rings (SSSR count). The van der Waals surface area contributed by atoms with Gasteiger partial charge in [0.05, 0.1) is 0 Å². The van der Waals surface area contributed by atoms with Crippen molar-refractivity contribution in [1.82, 2.24) is 0 Å². The van der Waals surface area contributed by atoms with Gasteiger partial charge in [-0.05, 0) is 47.0 Å². The maximum Gasteiger partial charge on any atom is -0.00838 e. The summed E-state index contributed by atoms with van der Waals surface area (Å²) in [6, 6.07) is 21.9. The molecule has 0 amide bonds. The van der Waals surface area contributed by atoms with E-state index in [9.17, 15) is 0 Å². The van der Waals surface area contributed by atoms with Crippen molar-refractivity contribution < 1.29 is 0 Å². The Bertz CT molecular complexity index is 552. The minimum atomic E-state index is 0.817. The minimum Gasteiger partial charge on any atom is -0.0622 e. The number of rotatable bonds is 2. The molecule has 0 N–H and O–H groups in total. The third kappa shape index (κ3) is 1.67. The van der Waals surface area contributed by atoms with Crippen molar-refractivity contribution in [1.29, 1.82) is 0 Å². The highest BCUT2D eigenvalue weighted by molar-refractivity contribution is 5.99. The van der Waals surface area contributed by atoms with Crippen LogP contribution in [0.5, 0.6) is 0 Å². The van der Waals surface area contributed by atoms with Crippen molar-refractivity contribution >= 4 is 11.1 Å². The second-order valence-corrected chi connectivity index (χ2v) is 5.70. The highest BCUT2D eigenvalue weighted by atomic mass is 14.5. The van der Waals surface area contributed by atoms with E-state index in [-0.39, 0.29) is 0 Å². The molecule has 2 aliphatic rings. The summed E-state index contributed by atoms with van der Waals surface area (Å²) in [6.07, 6.45) is 4.15. The summed E-state index contributed by atoms with van der Waals surface area (Å²) in [4.78, 5) is 0. The fourth-order valence-corrected chi connectivity index (χ4v) is 3.93. The lowest BCUT2D eigenvalue weighted by molar-refractivity contribution is 0.545. The van der Waals surface area contributed by atoms with Crippen LogP contribution in [0.2, 0.25) is 0 Å². The molecule has 94 valence electrons. The monoisotopic (exact) mass is 246 g/mol. The molecular formula is C19H18. The molecule has 0 nitrogen and oxygen atoms in total. The van der Waals surface area contributed by atoms with Gasteiger partial charge in [-0.25, -0.2) is 0 Å². The molecule has 2 atom stereocenters. The Balaban J connectivity index is 1.86. The van der Waals surface area contributed by atoms with E-state index >= 15 is 0 Å². The molecule has 0 saturated heterocycles. The van der Waals surface area contributed by atoms with Crippen LogP contribution < -0.4 is 0 Å². The number of allylic oxidation sites excluding steroid dienone is 2. The average molecular weight is 246 g/mol. The van der Waals surface area contributed by atoms with Crippen LogP contribution >= 0.6 is 0 Å². The Labute approximate surface area is 114 Å². The Morgan fingerprint density at radius 3 is 1.42 bits per heavy atom. The van der Waals surface area contributed by atoms with E-state index in [1.54, 1.807) is 11.1 Å². The van der Waals surface area contributed by atoms with Crippen LogP contribution in [-0.4, -0.2) is 0 Å². The van der Waals surface area contributed by atoms with E-state index in [0.717, 1.165) is 11.8 Å². The summed E-state index contributed by atoms with van der Waals surface area (Å²) in [5.74, 6) is 1.63. The van der Waals surface area contributed by atoms with Crippen molar-refractivity contribution in [3.05, 3.63) is 71.8 Å². The van der Waals surface area contributed by atoms with Gasteiger partial charge in [0.25, 0.3) is 0 Å². The molecule has 2 aromatic rings. The summed E-state index contributed by atoms with van der Waals surface area (Å²) < 4.78 is 0. The Hall–Kier alpha value is -1.82. The summed E-state index contributed by atoms with van der Waals surface area (Å²) >= 11 is 0. The largest absolute Gasteiger partial charge is 0.0622 e. The average Bonchev–Trinajstić information content (AvgIpc) is 2.85. The highest BCUT2D eigenvalue weighted by Crippen LogP contribution is 2.58. The van der Waals surface area contributed by atoms with Gasteiger partial charge in [-0.1, -0.05) is 67.1 Å². The van der Waals surface area contributed by atoms with E-state index in [1.807, 2.05) is 0 Å². The van der Waals surface area contributed by atoms with Gasteiger partial charge in [0, 0.05) is 0 Å². The summed E-state index contributed by atoms with van der Waals surface area (Å²) in [7, 11) is 0. The molecule has 1 saturated carbocycles. The smallest absolute Gasteiger partial charge is 0.00838 e. The van der Waals surface area contributed by atoms with Crippen LogP contribution in [0.15, 0.2) is 60.7 Å². The van der Waals surface area contributed by atoms with Crippen LogP contribution in [0, 0.1) is 11.8 Å². The molecule has 2 aliphatic carbocycles. The number of benzene rings is 2. The van der Waals surface area contributed by atoms with Crippen molar-refractivity contribution in [3.8, 4) is 0 Å². The lowest BCUT2D eigenvalue weighted by Crippen LogP contribution is -2.24. The fraction of sp³-hybridized carbons (Fsp3) is 0.263. The number of hydrogen-bond donors (Lipinski definition) is 0. The molecule has 0 aliphatic heterocycles. The molecule has 0 bridgehead atoms. The van der Waals surface area contributed by atoms with Crippen LogP contribution in [0.4, 0.5) is 0 Å². The predicted molar refractivity (Wildman–Crippen MR) is 80.5 cm³/mol. The Kier molecular flexibility index (Phi) is 2.55. The zero-order valence-electron chi connectivity index (χ0n) is 11.0. The number of fused-ring (bicyclic) bond motifs is 1. The van der Waals surface area contributed by atoms with Gasteiger partial charge in [0.2, 0.25) is 0 Å². The standard InChI is InChI=1S/C19H18/c1-3-8-14(9-4-1)18-16-12-7-13-17(16)19(18)15-10-5-2-6-11-15/h1-6,8-11,16-17H,7,12-13H2. The highest BCUT2D eigenvalue weighted by Gasteiger charge is 2.43. The van der Waals surface area contributed by atoms with E-state index in [2.05, 4.69) is 60.7 Å². The van der Waals surface area contributed by atoms with Crippen LogP contribution in [-0.2, 0) is 0 Å². The first-order valence-electron chi connectivity index (χ1n) is 7.30. The lowest BCUT2D eigenvalue weighted by atomic mass is 9.65. The van der Waals surface area contributed by atoms with Gasteiger partial charge in [0.15, 0.2) is 0 Å². The minimum absolute atomic E-state index is 0.817.